The van der Waals surface area contributed by atoms with Gasteiger partial charge in [-0.2, -0.15) is 19.6 Å². The zero-order chi connectivity index (χ0) is 42.5. The molecule has 0 radical (unpaired) electrons. The second kappa shape index (κ2) is 17.9. The number of nitrogens with zero attached hydrogens (tertiary/aromatic N) is 11. The second-order valence-electron chi connectivity index (χ2n) is 13.6. The molecule has 310 valence electrons. The largest absolute Gasteiger partial charge is 0.497 e. The number of nitrogens with one attached hydrogen (secondary N) is 1. The molecule has 21 heteroatoms. The van der Waals surface area contributed by atoms with E-state index in [4.69, 9.17) is 36.8 Å². The molecule has 0 spiro atoms. The molecule has 0 fully saturated rings. The lowest BCUT2D eigenvalue weighted by Crippen LogP contribution is -2.25. The number of aromatic amines is 1. The predicted molar refractivity (Wildman–Crippen MR) is 222 cm³/mol. The van der Waals surface area contributed by atoms with Crippen molar-refractivity contribution in [1.29, 1.82) is 0 Å². The van der Waals surface area contributed by atoms with Crippen LogP contribution in [0.25, 0.3) is 22.1 Å². The van der Waals surface area contributed by atoms with Crippen molar-refractivity contribution in [2.45, 2.75) is 45.6 Å². The number of aryl methyl sites for hydroxylation is 4. The van der Waals surface area contributed by atoms with Crippen LogP contribution in [-0.4, -0.2) is 65.8 Å². The summed E-state index contributed by atoms with van der Waals surface area (Å²) in [6, 6.07) is 22.3. The van der Waals surface area contributed by atoms with E-state index in [0.717, 1.165) is 27.1 Å². The average Bonchev–Trinajstić information content (AvgIpc) is 4.07. The van der Waals surface area contributed by atoms with Gasteiger partial charge < -0.3 is 23.1 Å². The normalized spacial score (nSPS) is 11.3. The molecule has 0 unspecified atom stereocenters. The molecule has 0 saturated heterocycles. The highest BCUT2D eigenvalue weighted by molar-refractivity contribution is 6.30. The maximum atomic E-state index is 13.2. The van der Waals surface area contributed by atoms with Gasteiger partial charge in [0.05, 0.1) is 50.8 Å². The minimum Gasteiger partial charge on any atom is -0.497 e. The van der Waals surface area contributed by atoms with Gasteiger partial charge in [0.2, 0.25) is 11.8 Å². The molecular formula is C40H34Cl2N12O7. The van der Waals surface area contributed by atoms with Gasteiger partial charge in [-0.25, -0.2) is 28.9 Å². The predicted octanol–water partition coefficient (Wildman–Crippen LogP) is 3.96. The van der Waals surface area contributed by atoms with Gasteiger partial charge in [-0.3, -0.25) is 9.59 Å². The van der Waals surface area contributed by atoms with Gasteiger partial charge >= 0.3 is 11.5 Å². The molecule has 19 nitrogen and oxygen atoms in total. The molecular weight excluding hydrogens is 831 g/mol. The molecule has 0 aliphatic heterocycles. The van der Waals surface area contributed by atoms with Crippen molar-refractivity contribution < 1.29 is 13.6 Å². The summed E-state index contributed by atoms with van der Waals surface area (Å²) >= 11 is 11.8. The van der Waals surface area contributed by atoms with Gasteiger partial charge in [-0.15, -0.1) is 10.2 Å². The van der Waals surface area contributed by atoms with Gasteiger partial charge in [0.1, 0.15) is 29.9 Å². The summed E-state index contributed by atoms with van der Waals surface area (Å²) in [5.74, 6) is -0.211. The third-order valence-electron chi connectivity index (χ3n) is 9.48. The topological polar surface area (TPSA) is 222 Å². The quantitative estimate of drug-likeness (QED) is 0.174. The smallest absolute Gasteiger partial charge is 0.437 e. The Bertz CT molecular complexity index is 3180. The van der Waals surface area contributed by atoms with E-state index in [9.17, 15) is 19.2 Å². The summed E-state index contributed by atoms with van der Waals surface area (Å²) in [6.45, 7) is 1.01. The van der Waals surface area contributed by atoms with Crippen molar-refractivity contribution in [2.24, 2.45) is 0 Å². The first-order valence-corrected chi connectivity index (χ1v) is 19.4. The Labute approximate surface area is 353 Å². The number of ether oxygens (including phenoxy) is 1. The lowest BCUT2D eigenvalue weighted by molar-refractivity contribution is 0.414. The lowest BCUT2D eigenvalue weighted by Gasteiger charge is -2.07. The van der Waals surface area contributed by atoms with Crippen molar-refractivity contribution in [3.63, 3.8) is 0 Å². The molecule has 0 amide bonds. The van der Waals surface area contributed by atoms with E-state index in [2.05, 4.69) is 35.3 Å². The van der Waals surface area contributed by atoms with E-state index in [0.29, 0.717) is 59.1 Å². The number of fused-ring (bicyclic) bond motifs is 2. The molecule has 6 aromatic heterocycles. The van der Waals surface area contributed by atoms with Crippen LogP contribution in [0.5, 0.6) is 5.75 Å². The Morgan fingerprint density at radius 2 is 1.18 bits per heavy atom. The summed E-state index contributed by atoms with van der Waals surface area (Å²) in [7, 11) is 1.61. The van der Waals surface area contributed by atoms with Crippen LogP contribution in [0.1, 0.15) is 28.5 Å². The number of hydrogen-bond donors (Lipinski definition) is 1. The van der Waals surface area contributed by atoms with Crippen molar-refractivity contribution in [1.82, 2.24) is 58.6 Å². The Balaban J connectivity index is 0.000000176. The zero-order valence-electron chi connectivity index (χ0n) is 32.2. The fourth-order valence-corrected chi connectivity index (χ4v) is 6.56. The first-order valence-electron chi connectivity index (χ1n) is 18.7. The number of hydrogen-bond acceptors (Lipinski definition) is 13. The van der Waals surface area contributed by atoms with E-state index in [1.807, 2.05) is 48.5 Å². The number of methoxy groups -OCH3 is 1. The van der Waals surface area contributed by atoms with E-state index < -0.39 is 11.5 Å². The lowest BCUT2D eigenvalue weighted by atomic mass is 10.1. The Morgan fingerprint density at radius 1 is 0.639 bits per heavy atom. The van der Waals surface area contributed by atoms with Gasteiger partial charge in [0, 0.05) is 16.6 Å². The third kappa shape index (κ3) is 9.42. The van der Waals surface area contributed by atoms with Crippen LogP contribution in [-0.2, 0) is 45.6 Å². The van der Waals surface area contributed by atoms with Crippen LogP contribution < -0.4 is 27.4 Å². The van der Waals surface area contributed by atoms with Crippen molar-refractivity contribution in [2.75, 3.05) is 7.11 Å². The molecule has 0 aliphatic carbocycles. The van der Waals surface area contributed by atoms with Crippen LogP contribution >= 0.6 is 23.2 Å². The molecule has 0 bridgehead atoms. The van der Waals surface area contributed by atoms with E-state index >= 15 is 0 Å². The summed E-state index contributed by atoms with van der Waals surface area (Å²) in [5.41, 5.74) is 3.97. The summed E-state index contributed by atoms with van der Waals surface area (Å²) in [6.07, 6.45) is 7.20. The number of rotatable bonds is 13. The maximum Gasteiger partial charge on any atom is 0.437 e. The number of imidazole rings is 2. The average molecular weight is 866 g/mol. The first-order chi connectivity index (χ1) is 29.6. The molecule has 1 N–H and O–H groups in total. The minimum atomic E-state index is -0.590. The Morgan fingerprint density at radius 3 is 1.75 bits per heavy atom. The molecule has 0 atom stereocenters. The SMILES string of the molecule is COc1ccc(Cn2cnc3cnn(Cc4nn(CCc5ccc(Cl)cc5)c(=O)o4)c(=O)c32)cc1.O=c1oc(Cn2ncc3[nH]cnc3c2=O)nn1CCc1ccc(Cl)cc1. The monoisotopic (exact) mass is 864 g/mol. The first kappa shape index (κ1) is 40.4. The standard InChI is InChI=1S/C24H21ClN6O4.C16H13ClN6O3/c1-34-19-8-4-17(5-9-19)13-29-15-26-20-12-27-31(23(32)22(20)29)14-21-28-30(24(33)35-21)11-10-16-2-6-18(25)7-3-16;17-11-3-1-10(2-4-11)5-6-22-16(25)26-13(21-22)8-23-15(24)14-12(7-20-23)18-9-19-14/h2-9,12,15H,10-11,13-14H2,1H3;1-4,7,9H,5-6,8H2,(H,18,19). The van der Waals surface area contributed by atoms with Crippen LogP contribution in [0.2, 0.25) is 10.0 Å². The fraction of sp³-hybridized carbons (Fsp3) is 0.200. The van der Waals surface area contributed by atoms with Gasteiger partial charge in [-0.05, 0) is 65.9 Å². The number of H-pyrrole nitrogens is 1. The molecule has 0 aliphatic rings. The summed E-state index contributed by atoms with van der Waals surface area (Å²) in [4.78, 5) is 60.7. The number of halogens is 2. The minimum absolute atomic E-state index is 0.0508. The Kier molecular flexibility index (Phi) is 11.8. The van der Waals surface area contributed by atoms with Crippen LogP contribution in [0, 0.1) is 0 Å². The maximum absolute atomic E-state index is 13.2. The molecule has 0 saturated carbocycles. The van der Waals surface area contributed by atoms with Crippen LogP contribution in [0.4, 0.5) is 0 Å². The van der Waals surface area contributed by atoms with Crippen molar-refractivity contribution >= 4 is 45.3 Å². The highest BCUT2D eigenvalue weighted by Crippen LogP contribution is 2.15. The highest BCUT2D eigenvalue weighted by Gasteiger charge is 2.16. The van der Waals surface area contributed by atoms with Crippen molar-refractivity contribution in [3.8, 4) is 5.75 Å². The third-order valence-corrected chi connectivity index (χ3v) is 9.99. The summed E-state index contributed by atoms with van der Waals surface area (Å²) < 4.78 is 22.2. The van der Waals surface area contributed by atoms with E-state index in [-0.39, 0.29) is 41.5 Å². The van der Waals surface area contributed by atoms with E-state index in [1.54, 1.807) is 42.3 Å². The van der Waals surface area contributed by atoms with Crippen molar-refractivity contribution in [3.05, 3.63) is 178 Å². The number of aromatic nitrogens is 12. The molecule has 3 aromatic carbocycles. The number of benzene rings is 3. The molecule has 9 aromatic rings. The van der Waals surface area contributed by atoms with Gasteiger partial charge in [0.15, 0.2) is 5.52 Å². The zero-order valence-corrected chi connectivity index (χ0v) is 33.7. The van der Waals surface area contributed by atoms with Gasteiger partial charge in [-0.1, -0.05) is 59.6 Å². The highest BCUT2D eigenvalue weighted by atomic mass is 35.5. The van der Waals surface area contributed by atoms with Crippen LogP contribution in [0.3, 0.4) is 0 Å². The fourth-order valence-electron chi connectivity index (χ4n) is 6.31. The van der Waals surface area contributed by atoms with E-state index in [1.165, 1.54) is 32.8 Å². The molecule has 61 heavy (non-hydrogen) atoms. The summed E-state index contributed by atoms with van der Waals surface area (Å²) in [5, 5.41) is 17.9. The Hall–Kier alpha value is -7.38. The van der Waals surface area contributed by atoms with Gasteiger partial charge in [0.25, 0.3) is 11.1 Å². The molecule has 6 heterocycles. The van der Waals surface area contributed by atoms with Crippen LogP contribution in [0.15, 0.2) is 126 Å². The second-order valence-corrected chi connectivity index (χ2v) is 14.4. The molecule has 9 rings (SSSR count).